The van der Waals surface area contributed by atoms with Crippen LogP contribution in [0.25, 0.3) is 0 Å². The second kappa shape index (κ2) is 13.4. The van der Waals surface area contributed by atoms with Gasteiger partial charge in [-0.05, 0) is 56.1 Å². The Kier molecular flexibility index (Phi) is 10.9. The lowest BCUT2D eigenvalue weighted by atomic mass is 10.0. The van der Waals surface area contributed by atoms with Crippen LogP contribution in [0.3, 0.4) is 0 Å². The van der Waals surface area contributed by atoms with Crippen LogP contribution in [0.15, 0.2) is 42.6 Å². The zero-order chi connectivity index (χ0) is 22.6. The number of β-amino-alcohol motifs (C(OH)–C–C–N with tert-alkyl or cyclic N) is 1. The van der Waals surface area contributed by atoms with Gasteiger partial charge < -0.3 is 14.9 Å². The second-order valence-corrected chi connectivity index (χ2v) is 7.90. The zero-order valence-electron chi connectivity index (χ0n) is 19.5. The lowest BCUT2D eigenvalue weighted by molar-refractivity contribution is 0.149. The fourth-order valence-electron chi connectivity index (χ4n) is 3.78. The van der Waals surface area contributed by atoms with Crippen molar-refractivity contribution < 1.29 is 14.9 Å². The Balaban J connectivity index is 0.00000166. The number of pyridine rings is 1. The van der Waals surface area contributed by atoms with E-state index in [0.29, 0.717) is 6.61 Å². The molecule has 2 N–H and O–H groups in total. The smallest absolute Gasteiger partial charge is 0.119 e. The van der Waals surface area contributed by atoms with Crippen molar-refractivity contribution in [1.82, 2.24) is 14.8 Å². The Morgan fingerprint density at radius 1 is 1.19 bits per heavy atom. The molecule has 1 aliphatic rings. The van der Waals surface area contributed by atoms with Crippen molar-refractivity contribution in [3.8, 4) is 5.75 Å². The number of aliphatic hydroxyl groups excluding tert-OH is 2. The van der Waals surface area contributed by atoms with Gasteiger partial charge in [-0.2, -0.15) is 0 Å². The van der Waals surface area contributed by atoms with Crippen molar-refractivity contribution in [2.45, 2.75) is 45.8 Å². The van der Waals surface area contributed by atoms with Crippen LogP contribution in [-0.2, 0) is 6.42 Å². The average molecular weight is 430 g/mol. The Morgan fingerprint density at radius 3 is 2.52 bits per heavy atom. The summed E-state index contributed by atoms with van der Waals surface area (Å²) in [7, 11) is 2.16. The van der Waals surface area contributed by atoms with E-state index in [1.165, 1.54) is 11.1 Å². The standard InChI is InChI=1S/C23H33N3O3.C2H6/c1-18-3-4-19(15-24-18)9-11-25(2)23(17-26-12-10-21(28)16-26)20-5-7-22(8-6-20)29-14-13-27;1-2/h3-8,15,21,23,27-28H,9-14,16-17H2,1-2H3;1-2H3. The van der Waals surface area contributed by atoms with E-state index in [1.54, 1.807) is 0 Å². The van der Waals surface area contributed by atoms with Crippen LogP contribution < -0.4 is 4.74 Å². The minimum Gasteiger partial charge on any atom is -0.491 e. The van der Waals surface area contributed by atoms with E-state index >= 15 is 0 Å². The third-order valence-corrected chi connectivity index (χ3v) is 5.56. The van der Waals surface area contributed by atoms with E-state index in [4.69, 9.17) is 9.84 Å². The van der Waals surface area contributed by atoms with Gasteiger partial charge in [0.15, 0.2) is 0 Å². The summed E-state index contributed by atoms with van der Waals surface area (Å²) >= 11 is 0. The molecule has 0 bridgehead atoms. The van der Waals surface area contributed by atoms with Gasteiger partial charge in [0.1, 0.15) is 12.4 Å². The molecule has 31 heavy (non-hydrogen) atoms. The maximum absolute atomic E-state index is 9.92. The molecule has 1 aromatic carbocycles. The van der Waals surface area contributed by atoms with Gasteiger partial charge in [-0.25, -0.2) is 0 Å². The molecule has 6 nitrogen and oxygen atoms in total. The highest BCUT2D eigenvalue weighted by atomic mass is 16.5. The third kappa shape index (κ3) is 8.22. The minimum atomic E-state index is -0.214. The number of aromatic nitrogens is 1. The maximum Gasteiger partial charge on any atom is 0.119 e. The Morgan fingerprint density at radius 2 is 1.94 bits per heavy atom. The number of hydrogen-bond donors (Lipinski definition) is 2. The van der Waals surface area contributed by atoms with Crippen LogP contribution >= 0.6 is 0 Å². The predicted octanol–water partition coefficient (Wildman–Crippen LogP) is 3.07. The van der Waals surface area contributed by atoms with Crippen molar-refractivity contribution in [3.05, 3.63) is 59.4 Å². The first-order valence-electron chi connectivity index (χ1n) is 11.4. The number of aryl methyl sites for hydroxylation is 1. The SMILES string of the molecule is CC.Cc1ccc(CCN(C)C(CN2CCC(O)C2)c2ccc(OCCO)cc2)cn1. The van der Waals surface area contributed by atoms with Gasteiger partial charge in [0.25, 0.3) is 0 Å². The molecule has 2 heterocycles. The number of likely N-dealkylation sites (tertiary alicyclic amines) is 1. The fourth-order valence-corrected chi connectivity index (χ4v) is 3.78. The molecule has 0 amide bonds. The van der Waals surface area contributed by atoms with Crippen LogP contribution in [0.2, 0.25) is 0 Å². The highest BCUT2D eigenvalue weighted by Crippen LogP contribution is 2.25. The van der Waals surface area contributed by atoms with Crippen molar-refractivity contribution in [2.24, 2.45) is 0 Å². The van der Waals surface area contributed by atoms with Gasteiger partial charge in [0.2, 0.25) is 0 Å². The summed E-state index contributed by atoms with van der Waals surface area (Å²) < 4.78 is 5.50. The summed E-state index contributed by atoms with van der Waals surface area (Å²) in [5.41, 5.74) is 3.51. The van der Waals surface area contributed by atoms with Crippen molar-refractivity contribution in [2.75, 3.05) is 46.4 Å². The summed E-state index contributed by atoms with van der Waals surface area (Å²) in [4.78, 5) is 9.13. The third-order valence-electron chi connectivity index (χ3n) is 5.56. The first-order valence-corrected chi connectivity index (χ1v) is 11.4. The normalized spacial score (nSPS) is 17.3. The van der Waals surface area contributed by atoms with Crippen LogP contribution in [0.1, 0.15) is 43.1 Å². The summed E-state index contributed by atoms with van der Waals surface area (Å²) in [6.45, 7) is 9.81. The zero-order valence-corrected chi connectivity index (χ0v) is 19.5. The quantitative estimate of drug-likeness (QED) is 0.605. The van der Waals surface area contributed by atoms with E-state index in [1.807, 2.05) is 39.1 Å². The summed E-state index contributed by atoms with van der Waals surface area (Å²) in [5, 5.41) is 18.8. The molecule has 1 aliphatic heterocycles. The average Bonchev–Trinajstić information content (AvgIpc) is 3.22. The number of rotatable bonds is 10. The van der Waals surface area contributed by atoms with E-state index in [0.717, 1.165) is 50.5 Å². The van der Waals surface area contributed by atoms with E-state index in [-0.39, 0.29) is 18.8 Å². The van der Waals surface area contributed by atoms with Gasteiger partial charge in [0.05, 0.1) is 12.7 Å². The molecule has 1 aromatic heterocycles. The van der Waals surface area contributed by atoms with Crippen LogP contribution in [-0.4, -0.2) is 77.5 Å². The molecule has 1 saturated heterocycles. The van der Waals surface area contributed by atoms with Gasteiger partial charge >= 0.3 is 0 Å². The molecular weight excluding hydrogens is 390 g/mol. The first-order chi connectivity index (χ1) is 15.0. The Labute approximate surface area is 187 Å². The molecule has 2 unspecified atom stereocenters. The van der Waals surface area contributed by atoms with Crippen molar-refractivity contribution in [1.29, 1.82) is 0 Å². The van der Waals surface area contributed by atoms with Crippen molar-refractivity contribution in [3.63, 3.8) is 0 Å². The van der Waals surface area contributed by atoms with Gasteiger partial charge in [-0.3, -0.25) is 14.8 Å². The monoisotopic (exact) mass is 429 g/mol. The number of ether oxygens (including phenoxy) is 1. The molecule has 0 saturated carbocycles. The number of hydrogen-bond acceptors (Lipinski definition) is 6. The highest BCUT2D eigenvalue weighted by Gasteiger charge is 2.26. The molecule has 2 aromatic rings. The molecule has 1 fully saturated rings. The topological polar surface area (TPSA) is 69.1 Å². The minimum absolute atomic E-state index is 0.0122. The van der Waals surface area contributed by atoms with E-state index in [9.17, 15) is 5.11 Å². The largest absolute Gasteiger partial charge is 0.491 e. The van der Waals surface area contributed by atoms with Crippen LogP contribution in [0.4, 0.5) is 0 Å². The van der Waals surface area contributed by atoms with Gasteiger partial charge in [-0.15, -0.1) is 0 Å². The van der Waals surface area contributed by atoms with E-state index in [2.05, 4.69) is 46.1 Å². The predicted molar refractivity (Wildman–Crippen MR) is 125 cm³/mol. The second-order valence-electron chi connectivity index (χ2n) is 7.90. The fraction of sp³-hybridized carbons (Fsp3) is 0.560. The van der Waals surface area contributed by atoms with Crippen LogP contribution in [0.5, 0.6) is 5.75 Å². The highest BCUT2D eigenvalue weighted by molar-refractivity contribution is 5.29. The van der Waals surface area contributed by atoms with Crippen molar-refractivity contribution >= 4 is 0 Å². The molecule has 2 atom stereocenters. The number of aliphatic hydroxyl groups is 2. The molecule has 0 radical (unpaired) electrons. The molecule has 3 rings (SSSR count). The lowest BCUT2D eigenvalue weighted by Crippen LogP contribution is -2.36. The lowest BCUT2D eigenvalue weighted by Gasteiger charge is -2.32. The molecule has 172 valence electrons. The molecule has 6 heteroatoms. The first kappa shape index (κ1) is 25.3. The molecule has 0 aliphatic carbocycles. The Bertz CT molecular complexity index is 737. The van der Waals surface area contributed by atoms with Gasteiger partial charge in [-0.1, -0.05) is 32.0 Å². The summed E-state index contributed by atoms with van der Waals surface area (Å²) in [5.74, 6) is 0.770. The maximum atomic E-state index is 9.92. The van der Waals surface area contributed by atoms with Crippen LogP contribution in [0, 0.1) is 6.92 Å². The number of nitrogens with zero attached hydrogens (tertiary/aromatic N) is 3. The van der Waals surface area contributed by atoms with E-state index < -0.39 is 0 Å². The Hall–Kier alpha value is -1.99. The van der Waals surface area contributed by atoms with Gasteiger partial charge in [0, 0.05) is 44.1 Å². The summed E-state index contributed by atoms with van der Waals surface area (Å²) in [6.07, 6.45) is 3.54. The summed E-state index contributed by atoms with van der Waals surface area (Å²) in [6, 6.07) is 12.6. The number of benzene rings is 1. The number of likely N-dealkylation sites (N-methyl/N-ethyl adjacent to an activating group) is 1. The molecule has 0 spiro atoms. The molecular formula is C25H39N3O3.